The lowest BCUT2D eigenvalue weighted by Crippen LogP contribution is -2.26. The number of aryl methyl sites for hydroxylation is 1. The summed E-state index contributed by atoms with van der Waals surface area (Å²) in [5.74, 6) is 1.79. The Bertz CT molecular complexity index is 1230. The second-order valence-electron chi connectivity index (χ2n) is 7.21. The molecule has 0 aliphatic rings. The van der Waals surface area contributed by atoms with Gasteiger partial charge in [0.05, 0.1) is 18.9 Å². The highest BCUT2D eigenvalue weighted by atomic mass is 32.1. The molecule has 0 saturated carbocycles. The number of amides is 1. The van der Waals surface area contributed by atoms with Crippen LogP contribution in [0.5, 0.6) is 11.5 Å². The average Bonchev–Trinajstić information content (AvgIpc) is 3.37. The highest BCUT2D eigenvalue weighted by Gasteiger charge is 2.14. The molecule has 0 spiro atoms. The first-order valence-corrected chi connectivity index (χ1v) is 11.6. The van der Waals surface area contributed by atoms with Crippen LogP contribution in [0.1, 0.15) is 35.5 Å². The molecule has 2 aromatic heterocycles. The zero-order valence-electron chi connectivity index (χ0n) is 18.4. The summed E-state index contributed by atoms with van der Waals surface area (Å²) in [5, 5.41) is 9.70. The van der Waals surface area contributed by atoms with Gasteiger partial charge in [-0.3, -0.25) is 4.79 Å². The fourth-order valence-electron chi connectivity index (χ4n) is 3.43. The minimum atomic E-state index is -0.153. The summed E-state index contributed by atoms with van der Waals surface area (Å²) < 4.78 is 13.0. The van der Waals surface area contributed by atoms with Crippen molar-refractivity contribution in [1.82, 2.24) is 19.9 Å². The molecule has 1 N–H and O–H groups in total. The molecule has 8 heteroatoms. The molecule has 32 heavy (non-hydrogen) atoms. The van der Waals surface area contributed by atoms with Crippen molar-refractivity contribution in [2.75, 3.05) is 19.8 Å². The summed E-state index contributed by atoms with van der Waals surface area (Å²) >= 11 is 1.55. The van der Waals surface area contributed by atoms with Crippen molar-refractivity contribution in [3.8, 4) is 22.9 Å². The van der Waals surface area contributed by atoms with Crippen molar-refractivity contribution in [1.29, 1.82) is 0 Å². The maximum atomic E-state index is 12.6. The van der Waals surface area contributed by atoms with Crippen molar-refractivity contribution >= 4 is 22.2 Å². The fourth-order valence-corrected chi connectivity index (χ4v) is 4.29. The molecule has 4 aromatic rings. The van der Waals surface area contributed by atoms with E-state index in [1.165, 1.54) is 0 Å². The summed E-state index contributed by atoms with van der Waals surface area (Å²) in [6.07, 6.45) is 0.650. The van der Waals surface area contributed by atoms with Crippen molar-refractivity contribution in [3.05, 3.63) is 64.7 Å². The minimum absolute atomic E-state index is 0.153. The zero-order valence-corrected chi connectivity index (χ0v) is 19.2. The number of hydrogen-bond acceptors (Lipinski definition) is 6. The molecule has 0 atom stereocenters. The lowest BCUT2D eigenvalue weighted by Gasteiger charge is -2.12. The lowest BCUT2D eigenvalue weighted by molar-refractivity contribution is 0.0953. The van der Waals surface area contributed by atoms with Gasteiger partial charge in [-0.05, 0) is 44.5 Å². The smallest absolute Gasteiger partial charge is 0.251 e. The number of hydrogen-bond donors (Lipinski definition) is 1. The molecule has 1 amide bonds. The Kier molecular flexibility index (Phi) is 6.70. The van der Waals surface area contributed by atoms with E-state index >= 15 is 0 Å². The van der Waals surface area contributed by atoms with Crippen molar-refractivity contribution in [3.63, 3.8) is 0 Å². The van der Waals surface area contributed by atoms with E-state index in [0.29, 0.717) is 43.2 Å². The minimum Gasteiger partial charge on any atom is -0.490 e. The van der Waals surface area contributed by atoms with Gasteiger partial charge in [-0.15, -0.1) is 16.4 Å². The first-order chi connectivity index (χ1) is 15.6. The third-order valence-corrected chi connectivity index (χ3v) is 5.87. The standard InChI is InChI=1S/C24H26N4O3S/c1-4-30-20-11-10-17(14-21(20)31-5-2)23(29)25-13-12-18-15-32-24-26-22(27-28(18)24)19-9-7-6-8-16(19)3/h6-11,14-15H,4-5,12-13H2,1-3H3,(H,25,29). The number of nitrogens with zero attached hydrogens (tertiary/aromatic N) is 3. The van der Waals surface area contributed by atoms with Crippen molar-refractivity contribution < 1.29 is 14.3 Å². The summed E-state index contributed by atoms with van der Waals surface area (Å²) in [6, 6.07) is 13.3. The average molecular weight is 451 g/mol. The lowest BCUT2D eigenvalue weighted by atomic mass is 10.1. The number of nitrogens with one attached hydrogen (secondary N) is 1. The molecule has 166 valence electrons. The second-order valence-corrected chi connectivity index (χ2v) is 8.04. The van der Waals surface area contributed by atoms with Gasteiger partial charge >= 0.3 is 0 Å². The third kappa shape index (κ3) is 4.60. The monoisotopic (exact) mass is 450 g/mol. The maximum absolute atomic E-state index is 12.6. The van der Waals surface area contributed by atoms with E-state index in [1.807, 2.05) is 41.9 Å². The van der Waals surface area contributed by atoms with Crippen LogP contribution >= 0.6 is 11.3 Å². The number of aromatic nitrogens is 3. The van der Waals surface area contributed by atoms with Crippen LogP contribution in [0.2, 0.25) is 0 Å². The van der Waals surface area contributed by atoms with E-state index in [-0.39, 0.29) is 5.91 Å². The van der Waals surface area contributed by atoms with Crippen molar-refractivity contribution in [2.24, 2.45) is 0 Å². The van der Waals surface area contributed by atoms with Crippen LogP contribution < -0.4 is 14.8 Å². The molecule has 0 aliphatic heterocycles. The summed E-state index contributed by atoms with van der Waals surface area (Å²) in [5.41, 5.74) is 3.72. The van der Waals surface area contributed by atoms with E-state index in [4.69, 9.17) is 14.6 Å². The van der Waals surface area contributed by atoms with Gasteiger partial charge < -0.3 is 14.8 Å². The van der Waals surface area contributed by atoms with Crippen LogP contribution in [0.4, 0.5) is 0 Å². The Labute approximate surface area is 191 Å². The SMILES string of the molecule is CCOc1ccc(C(=O)NCCc2csc3nc(-c4ccccc4C)nn23)cc1OCC. The Morgan fingerprint density at radius 3 is 2.66 bits per heavy atom. The van der Waals surface area contributed by atoms with E-state index in [9.17, 15) is 4.79 Å². The number of carbonyl (C=O) groups excluding carboxylic acids is 1. The molecule has 2 heterocycles. The van der Waals surface area contributed by atoms with Gasteiger partial charge in [0.1, 0.15) is 0 Å². The number of thiazole rings is 1. The predicted octanol–water partition coefficient (Wildman–Crippen LogP) is 4.54. The number of benzene rings is 2. The van der Waals surface area contributed by atoms with E-state index in [2.05, 4.69) is 23.3 Å². The van der Waals surface area contributed by atoms with Gasteiger partial charge in [-0.2, -0.15) is 4.98 Å². The Hall–Kier alpha value is -3.39. The van der Waals surface area contributed by atoms with Gasteiger partial charge in [-0.25, -0.2) is 4.52 Å². The van der Waals surface area contributed by atoms with Gasteiger partial charge in [-0.1, -0.05) is 24.3 Å². The van der Waals surface area contributed by atoms with Crippen LogP contribution in [0.25, 0.3) is 16.3 Å². The number of carbonyl (C=O) groups is 1. The number of ether oxygens (including phenoxy) is 2. The molecule has 0 unspecified atom stereocenters. The first-order valence-electron chi connectivity index (χ1n) is 10.7. The van der Waals surface area contributed by atoms with E-state index in [1.54, 1.807) is 29.5 Å². The van der Waals surface area contributed by atoms with Gasteiger partial charge in [0, 0.05) is 29.5 Å². The first kappa shape index (κ1) is 21.8. The molecule has 2 aromatic carbocycles. The molecule has 0 aliphatic carbocycles. The van der Waals surface area contributed by atoms with Crippen molar-refractivity contribution in [2.45, 2.75) is 27.2 Å². The molecule has 0 fully saturated rings. The largest absolute Gasteiger partial charge is 0.490 e. The second kappa shape index (κ2) is 9.82. The topological polar surface area (TPSA) is 77.8 Å². The molecular weight excluding hydrogens is 424 g/mol. The quantitative estimate of drug-likeness (QED) is 0.405. The van der Waals surface area contributed by atoms with Crippen LogP contribution in [-0.2, 0) is 6.42 Å². The molecule has 0 bridgehead atoms. The molecule has 0 saturated heterocycles. The van der Waals surface area contributed by atoms with Crippen LogP contribution in [0.3, 0.4) is 0 Å². The van der Waals surface area contributed by atoms with Gasteiger partial charge in [0.25, 0.3) is 5.91 Å². The van der Waals surface area contributed by atoms with Crippen LogP contribution in [0.15, 0.2) is 47.8 Å². The Balaban J connectivity index is 1.43. The molecular formula is C24H26N4O3S. The molecule has 7 nitrogen and oxygen atoms in total. The zero-order chi connectivity index (χ0) is 22.5. The van der Waals surface area contributed by atoms with Gasteiger partial charge in [0.15, 0.2) is 17.3 Å². The normalized spacial score (nSPS) is 11.0. The molecule has 4 rings (SSSR count). The Morgan fingerprint density at radius 2 is 1.88 bits per heavy atom. The fraction of sp³-hybridized carbons (Fsp3) is 0.292. The summed E-state index contributed by atoms with van der Waals surface area (Å²) in [4.78, 5) is 18.2. The molecule has 0 radical (unpaired) electrons. The van der Waals surface area contributed by atoms with Crippen LogP contribution in [0, 0.1) is 6.92 Å². The third-order valence-electron chi connectivity index (χ3n) is 5.01. The highest BCUT2D eigenvalue weighted by molar-refractivity contribution is 7.15. The summed E-state index contributed by atoms with van der Waals surface area (Å²) in [7, 11) is 0. The van der Waals surface area contributed by atoms with Gasteiger partial charge in [0.2, 0.25) is 4.96 Å². The number of fused-ring (bicyclic) bond motifs is 1. The van der Waals surface area contributed by atoms with E-state index in [0.717, 1.165) is 27.6 Å². The van der Waals surface area contributed by atoms with Crippen LogP contribution in [-0.4, -0.2) is 40.3 Å². The predicted molar refractivity (Wildman–Crippen MR) is 126 cm³/mol. The summed E-state index contributed by atoms with van der Waals surface area (Å²) in [6.45, 7) is 7.39. The number of rotatable bonds is 9. The highest BCUT2D eigenvalue weighted by Crippen LogP contribution is 2.28. The van der Waals surface area contributed by atoms with E-state index < -0.39 is 0 Å². The maximum Gasteiger partial charge on any atom is 0.251 e. The Morgan fingerprint density at radius 1 is 1.09 bits per heavy atom.